The molecule has 6 nitrogen and oxygen atoms in total. The average Bonchev–Trinajstić information content (AvgIpc) is 2.88. The quantitative estimate of drug-likeness (QED) is 0.278. The topological polar surface area (TPSA) is 73.8 Å². The van der Waals surface area contributed by atoms with Crippen molar-refractivity contribution in [1.29, 1.82) is 0 Å². The number of benzene rings is 1. The molecule has 2 rings (SSSR count). The van der Waals surface area contributed by atoms with Crippen molar-refractivity contribution in [1.82, 2.24) is 10.6 Å². The second kappa shape index (κ2) is 10.1. The maximum absolute atomic E-state index is 13.2. The highest BCUT2D eigenvalue weighted by Gasteiger charge is 2.28. The molecule has 25 heavy (non-hydrogen) atoms. The lowest BCUT2D eigenvalue weighted by molar-refractivity contribution is 0.599. The molecule has 1 aromatic rings. The van der Waals surface area contributed by atoms with Crippen LogP contribution in [0.25, 0.3) is 0 Å². The zero-order chi connectivity index (χ0) is 17.6. The number of aliphatic imine (C=N–C) groups is 1. The van der Waals surface area contributed by atoms with Crippen LogP contribution in [0.3, 0.4) is 0 Å². The Hall–Kier alpha value is -1.10. The van der Waals surface area contributed by atoms with Gasteiger partial charge in [0.1, 0.15) is 5.82 Å². The van der Waals surface area contributed by atoms with E-state index < -0.39 is 9.84 Å². The Morgan fingerprint density at radius 2 is 2.20 bits per heavy atom. The van der Waals surface area contributed by atoms with Crippen LogP contribution in [-0.2, 0) is 9.84 Å². The number of nitrogens with zero attached hydrogens (tertiary/aromatic N) is 2. The third-order valence-corrected chi connectivity index (χ3v) is 5.78. The van der Waals surface area contributed by atoms with E-state index in [9.17, 15) is 12.8 Å². The SMILES string of the molecule is CN=C(NCCCN(C)c1cccc(F)c1)NC1CCS(=O)(=O)C1.I. The van der Waals surface area contributed by atoms with Crippen LogP contribution in [0.2, 0.25) is 0 Å². The standard InChI is InChI=1S/C16H25FN4O2S.HI/c1-18-16(20-14-7-10-24(22,23)12-14)19-8-4-9-21(2)15-6-3-5-13(17)11-15;/h3,5-6,11,14H,4,7-10,12H2,1-2H3,(H2,18,19,20);1H. The summed E-state index contributed by atoms with van der Waals surface area (Å²) >= 11 is 0. The smallest absolute Gasteiger partial charge is 0.191 e. The molecule has 0 aliphatic carbocycles. The number of guanidine groups is 1. The maximum atomic E-state index is 13.2. The summed E-state index contributed by atoms with van der Waals surface area (Å²) in [7, 11) is 0.684. The van der Waals surface area contributed by atoms with Gasteiger partial charge in [0.05, 0.1) is 11.5 Å². The Morgan fingerprint density at radius 3 is 2.80 bits per heavy atom. The van der Waals surface area contributed by atoms with Crippen LogP contribution in [0.1, 0.15) is 12.8 Å². The van der Waals surface area contributed by atoms with Gasteiger partial charge in [-0.05, 0) is 31.0 Å². The lowest BCUT2D eigenvalue weighted by Gasteiger charge is -2.20. The van der Waals surface area contributed by atoms with E-state index in [1.165, 1.54) is 12.1 Å². The van der Waals surface area contributed by atoms with Gasteiger partial charge in [-0.1, -0.05) is 6.07 Å². The highest BCUT2D eigenvalue weighted by atomic mass is 127. The Labute approximate surface area is 166 Å². The zero-order valence-electron chi connectivity index (χ0n) is 14.5. The predicted molar refractivity (Wildman–Crippen MR) is 111 cm³/mol. The molecular weight excluding hydrogens is 458 g/mol. The van der Waals surface area contributed by atoms with E-state index in [1.807, 2.05) is 18.0 Å². The molecule has 1 fully saturated rings. The summed E-state index contributed by atoms with van der Waals surface area (Å²) in [6, 6.07) is 6.43. The maximum Gasteiger partial charge on any atom is 0.191 e. The van der Waals surface area contributed by atoms with Crippen LogP contribution in [-0.4, -0.2) is 59.1 Å². The van der Waals surface area contributed by atoms with Crippen molar-refractivity contribution in [3.05, 3.63) is 30.1 Å². The molecule has 2 N–H and O–H groups in total. The lowest BCUT2D eigenvalue weighted by atomic mass is 10.2. The normalized spacial score (nSPS) is 19.2. The highest BCUT2D eigenvalue weighted by molar-refractivity contribution is 14.0. The van der Waals surface area contributed by atoms with E-state index in [2.05, 4.69) is 15.6 Å². The van der Waals surface area contributed by atoms with E-state index in [4.69, 9.17) is 0 Å². The van der Waals surface area contributed by atoms with Gasteiger partial charge >= 0.3 is 0 Å². The Kier molecular flexibility index (Phi) is 8.91. The van der Waals surface area contributed by atoms with Crippen LogP contribution in [0.15, 0.2) is 29.3 Å². The number of rotatable bonds is 6. The van der Waals surface area contributed by atoms with Gasteiger partial charge in [0.2, 0.25) is 0 Å². The molecule has 0 aromatic heterocycles. The molecule has 1 aromatic carbocycles. The van der Waals surface area contributed by atoms with Gasteiger partial charge in [0.15, 0.2) is 15.8 Å². The molecule has 0 bridgehead atoms. The third-order valence-electron chi connectivity index (χ3n) is 4.01. The molecule has 1 saturated heterocycles. The summed E-state index contributed by atoms with van der Waals surface area (Å²) in [4.78, 5) is 6.11. The van der Waals surface area contributed by atoms with Gasteiger partial charge in [0, 0.05) is 38.9 Å². The van der Waals surface area contributed by atoms with Crippen molar-refractivity contribution >= 4 is 45.5 Å². The van der Waals surface area contributed by atoms with E-state index in [-0.39, 0.29) is 47.3 Å². The van der Waals surface area contributed by atoms with Crippen LogP contribution in [0.5, 0.6) is 0 Å². The fourth-order valence-corrected chi connectivity index (χ4v) is 4.34. The average molecular weight is 484 g/mol. The first-order valence-electron chi connectivity index (χ1n) is 8.04. The molecule has 1 aliphatic heterocycles. The number of nitrogens with one attached hydrogen (secondary N) is 2. The van der Waals surface area contributed by atoms with Gasteiger partial charge in [-0.3, -0.25) is 4.99 Å². The number of anilines is 1. The Balaban J connectivity index is 0.00000312. The van der Waals surface area contributed by atoms with Gasteiger partial charge in [-0.25, -0.2) is 12.8 Å². The van der Waals surface area contributed by atoms with Gasteiger partial charge in [-0.2, -0.15) is 0 Å². The molecular formula is C16H26FIN4O2S. The van der Waals surface area contributed by atoms with Gasteiger partial charge < -0.3 is 15.5 Å². The number of hydrogen-bond donors (Lipinski definition) is 2. The number of hydrogen-bond acceptors (Lipinski definition) is 4. The third kappa shape index (κ3) is 7.35. The molecule has 1 aliphatic rings. The summed E-state index contributed by atoms with van der Waals surface area (Å²) in [5.74, 6) is 0.773. The second-order valence-electron chi connectivity index (χ2n) is 6.00. The molecule has 1 heterocycles. The minimum atomic E-state index is -2.90. The Morgan fingerprint density at radius 1 is 1.44 bits per heavy atom. The first-order chi connectivity index (χ1) is 11.4. The van der Waals surface area contributed by atoms with Crippen molar-refractivity contribution in [3.63, 3.8) is 0 Å². The second-order valence-corrected chi connectivity index (χ2v) is 8.23. The van der Waals surface area contributed by atoms with Crippen molar-refractivity contribution < 1.29 is 12.8 Å². The summed E-state index contributed by atoms with van der Waals surface area (Å²) < 4.78 is 36.2. The summed E-state index contributed by atoms with van der Waals surface area (Å²) in [5, 5.41) is 6.33. The summed E-state index contributed by atoms with van der Waals surface area (Å²) in [6.07, 6.45) is 1.46. The minimum absolute atomic E-state index is 0. The summed E-state index contributed by atoms with van der Waals surface area (Å²) in [5.41, 5.74) is 0.841. The van der Waals surface area contributed by atoms with E-state index in [1.54, 1.807) is 13.1 Å². The molecule has 0 saturated carbocycles. The highest BCUT2D eigenvalue weighted by Crippen LogP contribution is 2.14. The first-order valence-corrected chi connectivity index (χ1v) is 9.86. The fraction of sp³-hybridized carbons (Fsp3) is 0.562. The molecule has 0 spiro atoms. The fourth-order valence-electron chi connectivity index (χ4n) is 2.66. The van der Waals surface area contributed by atoms with Gasteiger partial charge in [-0.15, -0.1) is 24.0 Å². The van der Waals surface area contributed by atoms with Crippen molar-refractivity contribution in [2.45, 2.75) is 18.9 Å². The van der Waals surface area contributed by atoms with Gasteiger partial charge in [0.25, 0.3) is 0 Å². The molecule has 1 atom stereocenters. The van der Waals surface area contributed by atoms with Crippen molar-refractivity contribution in [2.75, 3.05) is 43.6 Å². The molecule has 142 valence electrons. The van der Waals surface area contributed by atoms with Crippen LogP contribution in [0.4, 0.5) is 10.1 Å². The zero-order valence-corrected chi connectivity index (χ0v) is 17.7. The lowest BCUT2D eigenvalue weighted by Crippen LogP contribution is -2.44. The predicted octanol–water partition coefficient (Wildman–Crippen LogP) is 1.62. The van der Waals surface area contributed by atoms with Crippen LogP contribution in [0, 0.1) is 5.82 Å². The number of halogens is 2. The van der Waals surface area contributed by atoms with Crippen LogP contribution >= 0.6 is 24.0 Å². The van der Waals surface area contributed by atoms with E-state index in [0.29, 0.717) is 18.9 Å². The van der Waals surface area contributed by atoms with E-state index in [0.717, 1.165) is 18.7 Å². The van der Waals surface area contributed by atoms with Crippen LogP contribution < -0.4 is 15.5 Å². The molecule has 0 amide bonds. The largest absolute Gasteiger partial charge is 0.374 e. The molecule has 0 radical (unpaired) electrons. The first kappa shape index (κ1) is 21.9. The molecule has 1 unspecified atom stereocenters. The minimum Gasteiger partial charge on any atom is -0.374 e. The van der Waals surface area contributed by atoms with E-state index >= 15 is 0 Å². The monoisotopic (exact) mass is 484 g/mol. The van der Waals surface area contributed by atoms with Crippen molar-refractivity contribution in [3.8, 4) is 0 Å². The Bertz CT molecular complexity index is 684. The number of sulfone groups is 1. The van der Waals surface area contributed by atoms with Crippen molar-refractivity contribution in [2.24, 2.45) is 4.99 Å². The summed E-state index contributed by atoms with van der Waals surface area (Å²) in [6.45, 7) is 1.46. The molecule has 9 heteroatoms.